The maximum atomic E-state index is 14.4. The molecule has 0 bridgehead atoms. The predicted molar refractivity (Wildman–Crippen MR) is 144 cm³/mol. The summed E-state index contributed by atoms with van der Waals surface area (Å²) < 4.78 is 16.8. The lowest BCUT2D eigenvalue weighted by atomic mass is 9.88. The van der Waals surface area contributed by atoms with Crippen LogP contribution in [0.2, 0.25) is 0 Å². The van der Waals surface area contributed by atoms with Gasteiger partial charge in [-0.05, 0) is 59.7 Å². The molecule has 3 aromatic carbocycles. The molecule has 2 aliphatic rings. The van der Waals surface area contributed by atoms with Crippen LogP contribution in [-0.4, -0.2) is 49.6 Å². The Morgan fingerprint density at radius 1 is 0.865 bits per heavy atom. The number of para-hydroxylation sites is 1. The van der Waals surface area contributed by atoms with Crippen LogP contribution in [0.15, 0.2) is 60.7 Å². The third kappa shape index (κ3) is 4.78. The third-order valence-electron chi connectivity index (χ3n) is 7.87. The van der Waals surface area contributed by atoms with Gasteiger partial charge in [0.1, 0.15) is 5.75 Å². The average molecular weight is 501 g/mol. The molecule has 0 saturated carbocycles. The molecule has 2 atom stereocenters. The Morgan fingerprint density at radius 2 is 1.54 bits per heavy atom. The highest BCUT2D eigenvalue weighted by Gasteiger charge is 2.39. The minimum Gasteiger partial charge on any atom is -0.496 e. The average Bonchev–Trinajstić information content (AvgIpc) is 2.95. The molecule has 1 unspecified atom stereocenters. The Balaban J connectivity index is 1.48. The van der Waals surface area contributed by atoms with Crippen molar-refractivity contribution in [1.29, 1.82) is 0 Å². The number of amides is 1. The van der Waals surface area contributed by atoms with Crippen LogP contribution in [0.1, 0.15) is 47.2 Å². The van der Waals surface area contributed by atoms with Crippen molar-refractivity contribution < 1.29 is 19.0 Å². The van der Waals surface area contributed by atoms with Gasteiger partial charge in [0, 0.05) is 25.2 Å². The van der Waals surface area contributed by atoms with Gasteiger partial charge in [-0.1, -0.05) is 49.4 Å². The van der Waals surface area contributed by atoms with Crippen LogP contribution < -0.4 is 14.2 Å². The second kappa shape index (κ2) is 10.9. The van der Waals surface area contributed by atoms with E-state index in [1.54, 1.807) is 21.3 Å². The normalized spacial score (nSPS) is 19.1. The lowest BCUT2D eigenvalue weighted by Crippen LogP contribution is -2.53. The highest BCUT2D eigenvalue weighted by molar-refractivity contribution is 5.83. The van der Waals surface area contributed by atoms with E-state index in [9.17, 15) is 4.79 Å². The topological polar surface area (TPSA) is 51.2 Å². The number of carbonyl (C=O) groups is 1. The Kier molecular flexibility index (Phi) is 7.38. The second-order valence-electron chi connectivity index (χ2n) is 9.82. The van der Waals surface area contributed by atoms with E-state index in [4.69, 9.17) is 14.2 Å². The summed E-state index contributed by atoms with van der Waals surface area (Å²) in [4.78, 5) is 18.8. The molecule has 2 heterocycles. The molecule has 0 radical (unpaired) electrons. The van der Waals surface area contributed by atoms with Gasteiger partial charge in [-0.25, -0.2) is 0 Å². The van der Waals surface area contributed by atoms with Crippen LogP contribution in [0, 0.1) is 0 Å². The monoisotopic (exact) mass is 500 g/mol. The number of benzene rings is 3. The van der Waals surface area contributed by atoms with Crippen LogP contribution in [0.5, 0.6) is 17.2 Å². The van der Waals surface area contributed by atoms with E-state index < -0.39 is 0 Å². The molecule has 6 nitrogen and oxygen atoms in total. The van der Waals surface area contributed by atoms with E-state index in [-0.39, 0.29) is 18.0 Å². The number of methoxy groups -OCH3 is 3. The minimum absolute atomic E-state index is 0.00124. The van der Waals surface area contributed by atoms with Crippen molar-refractivity contribution in [2.75, 3.05) is 27.9 Å². The number of ether oxygens (including phenoxy) is 3. The molecule has 1 amide bonds. The Labute approximate surface area is 219 Å². The maximum absolute atomic E-state index is 14.4. The first-order valence-electron chi connectivity index (χ1n) is 13.1. The fourth-order valence-electron chi connectivity index (χ4n) is 5.96. The van der Waals surface area contributed by atoms with Gasteiger partial charge in [-0.3, -0.25) is 9.69 Å². The number of nitrogens with zero attached hydrogens (tertiary/aromatic N) is 2. The number of fused-ring (bicyclic) bond motifs is 2. The Hall–Kier alpha value is -3.51. The maximum Gasteiger partial charge on any atom is 0.240 e. The molecule has 194 valence electrons. The van der Waals surface area contributed by atoms with Crippen molar-refractivity contribution in [3.8, 4) is 17.2 Å². The van der Waals surface area contributed by atoms with Crippen LogP contribution >= 0.6 is 0 Å². The molecule has 0 spiro atoms. The van der Waals surface area contributed by atoms with Crippen LogP contribution in [-0.2, 0) is 30.7 Å². The van der Waals surface area contributed by atoms with Crippen molar-refractivity contribution in [3.05, 3.63) is 88.5 Å². The molecule has 0 aliphatic carbocycles. The summed E-state index contributed by atoms with van der Waals surface area (Å²) in [6.07, 6.45) is 2.34. The van der Waals surface area contributed by atoms with E-state index >= 15 is 0 Å². The first kappa shape index (κ1) is 25.2. The fourth-order valence-corrected chi connectivity index (χ4v) is 5.96. The third-order valence-corrected chi connectivity index (χ3v) is 7.87. The number of hydrogen-bond acceptors (Lipinski definition) is 5. The molecule has 0 fully saturated rings. The number of carbonyl (C=O) groups excluding carboxylic acids is 1. The van der Waals surface area contributed by atoms with Gasteiger partial charge >= 0.3 is 0 Å². The second-order valence-corrected chi connectivity index (χ2v) is 9.82. The van der Waals surface area contributed by atoms with Gasteiger partial charge in [-0.15, -0.1) is 0 Å². The number of hydrogen-bond donors (Lipinski definition) is 0. The zero-order valence-electron chi connectivity index (χ0n) is 22.2. The summed E-state index contributed by atoms with van der Waals surface area (Å²) in [5.74, 6) is 2.49. The molecule has 0 N–H and O–H groups in total. The minimum atomic E-state index is -0.240. The summed E-state index contributed by atoms with van der Waals surface area (Å²) in [6, 6.07) is 20.5. The smallest absolute Gasteiger partial charge is 0.240 e. The molecular weight excluding hydrogens is 464 g/mol. The highest BCUT2D eigenvalue weighted by atomic mass is 16.5. The van der Waals surface area contributed by atoms with Crippen molar-refractivity contribution in [2.24, 2.45) is 0 Å². The van der Waals surface area contributed by atoms with E-state index in [0.29, 0.717) is 25.3 Å². The standard InChI is InChI=1S/C31H36N2O4/c1-5-26-25-18-30(37-4)29(36-3)17-22(25)14-15-33(26)31(34)27-16-21-10-6-7-11-23(21)19-32(27)20-24-12-8-9-13-28(24)35-2/h6-13,17-18,26-27H,5,14-16,19-20H2,1-4H3/t26?,27-/m0/s1. The molecule has 2 aliphatic heterocycles. The lowest BCUT2D eigenvalue weighted by Gasteiger charge is -2.43. The Bertz CT molecular complexity index is 1270. The van der Waals surface area contributed by atoms with E-state index in [1.165, 1.54) is 16.7 Å². The zero-order chi connectivity index (χ0) is 25.9. The summed E-state index contributed by atoms with van der Waals surface area (Å²) in [6.45, 7) is 4.23. The van der Waals surface area contributed by atoms with Crippen molar-refractivity contribution >= 4 is 5.91 Å². The van der Waals surface area contributed by atoms with Gasteiger partial charge < -0.3 is 19.1 Å². The van der Waals surface area contributed by atoms with Gasteiger partial charge in [0.05, 0.1) is 33.4 Å². The fraction of sp³-hybridized carbons (Fsp3) is 0.387. The van der Waals surface area contributed by atoms with Crippen molar-refractivity contribution in [3.63, 3.8) is 0 Å². The van der Waals surface area contributed by atoms with Crippen molar-refractivity contribution in [2.45, 2.75) is 51.4 Å². The summed E-state index contributed by atoms with van der Waals surface area (Å²) >= 11 is 0. The Morgan fingerprint density at radius 3 is 2.27 bits per heavy atom. The predicted octanol–water partition coefficient (Wildman–Crippen LogP) is 5.18. The lowest BCUT2D eigenvalue weighted by molar-refractivity contribution is -0.141. The van der Waals surface area contributed by atoms with Gasteiger partial charge in [0.25, 0.3) is 0 Å². The summed E-state index contributed by atoms with van der Waals surface area (Å²) in [5, 5.41) is 0. The molecule has 37 heavy (non-hydrogen) atoms. The number of rotatable bonds is 7. The van der Waals surface area contributed by atoms with Crippen LogP contribution in [0.3, 0.4) is 0 Å². The van der Waals surface area contributed by atoms with Gasteiger partial charge in [-0.2, -0.15) is 0 Å². The summed E-state index contributed by atoms with van der Waals surface area (Å²) in [5.41, 5.74) is 6.03. The molecule has 3 aromatic rings. The van der Waals surface area contributed by atoms with E-state index in [0.717, 1.165) is 42.0 Å². The first-order chi connectivity index (χ1) is 18.1. The SMILES string of the molecule is CCC1c2cc(OC)c(OC)cc2CCN1C(=O)[C@@H]1Cc2ccccc2CN1Cc1ccccc1OC. The first-order valence-corrected chi connectivity index (χ1v) is 13.1. The van der Waals surface area contributed by atoms with Gasteiger partial charge in [0.15, 0.2) is 11.5 Å². The van der Waals surface area contributed by atoms with E-state index in [1.807, 2.05) is 18.2 Å². The molecule has 0 aromatic heterocycles. The van der Waals surface area contributed by atoms with E-state index in [2.05, 4.69) is 59.2 Å². The molecule has 0 saturated heterocycles. The van der Waals surface area contributed by atoms with Gasteiger partial charge in [0.2, 0.25) is 5.91 Å². The molecule has 5 rings (SSSR count). The zero-order valence-corrected chi connectivity index (χ0v) is 22.2. The molecule has 6 heteroatoms. The molecular formula is C31H36N2O4. The largest absolute Gasteiger partial charge is 0.496 e. The quantitative estimate of drug-likeness (QED) is 0.448. The van der Waals surface area contributed by atoms with Crippen LogP contribution in [0.4, 0.5) is 0 Å². The highest BCUT2D eigenvalue weighted by Crippen LogP contribution is 2.40. The summed E-state index contributed by atoms with van der Waals surface area (Å²) in [7, 11) is 5.02. The van der Waals surface area contributed by atoms with Crippen molar-refractivity contribution in [1.82, 2.24) is 9.80 Å². The van der Waals surface area contributed by atoms with Crippen LogP contribution in [0.25, 0.3) is 0 Å².